The molecule has 0 spiro atoms. The first-order chi connectivity index (χ1) is 8.61. The van der Waals surface area contributed by atoms with Crippen molar-refractivity contribution in [2.75, 3.05) is 6.54 Å². The van der Waals surface area contributed by atoms with Crippen LogP contribution in [0, 0.1) is 5.92 Å². The Morgan fingerprint density at radius 1 is 1.44 bits per heavy atom. The van der Waals surface area contributed by atoms with Crippen molar-refractivity contribution in [3.8, 4) is 0 Å². The Labute approximate surface area is 118 Å². The molecular formula is C14H19Cl2NO. The van der Waals surface area contributed by atoms with Crippen LogP contribution < -0.4 is 5.32 Å². The molecule has 0 saturated carbocycles. The number of benzene rings is 1. The molecule has 2 N–H and O–H groups in total. The zero-order valence-electron chi connectivity index (χ0n) is 10.5. The van der Waals surface area contributed by atoms with Crippen LogP contribution in [0.1, 0.15) is 37.9 Å². The normalized spacial score (nSPS) is 26.0. The largest absolute Gasteiger partial charge is 0.387 e. The van der Waals surface area contributed by atoms with Gasteiger partial charge in [-0.05, 0) is 43.5 Å². The van der Waals surface area contributed by atoms with E-state index in [2.05, 4.69) is 12.2 Å². The van der Waals surface area contributed by atoms with Gasteiger partial charge in [0.05, 0.1) is 6.10 Å². The summed E-state index contributed by atoms with van der Waals surface area (Å²) < 4.78 is 0. The van der Waals surface area contributed by atoms with Crippen LogP contribution in [0.4, 0.5) is 0 Å². The molecule has 3 unspecified atom stereocenters. The average molecular weight is 288 g/mol. The molecule has 1 aliphatic rings. The zero-order valence-corrected chi connectivity index (χ0v) is 12.0. The third kappa shape index (κ3) is 3.18. The van der Waals surface area contributed by atoms with E-state index in [1.807, 2.05) is 0 Å². The minimum atomic E-state index is -0.592. The second kappa shape index (κ2) is 6.25. The van der Waals surface area contributed by atoms with Gasteiger partial charge in [-0.3, -0.25) is 0 Å². The molecule has 0 aliphatic carbocycles. The van der Waals surface area contributed by atoms with Crippen LogP contribution in [0.15, 0.2) is 18.2 Å². The molecule has 1 aromatic carbocycles. The van der Waals surface area contributed by atoms with E-state index in [-0.39, 0.29) is 6.04 Å². The summed E-state index contributed by atoms with van der Waals surface area (Å²) in [6, 6.07) is 5.30. The SMILES string of the molecule is CCC1CCNC(C(O)c2cc(Cl)ccc2Cl)C1. The highest BCUT2D eigenvalue weighted by Gasteiger charge is 2.28. The molecule has 2 rings (SSSR count). The smallest absolute Gasteiger partial charge is 0.0957 e. The van der Waals surface area contributed by atoms with Crippen molar-refractivity contribution >= 4 is 23.2 Å². The van der Waals surface area contributed by atoms with E-state index in [0.29, 0.717) is 16.0 Å². The molecule has 2 nitrogen and oxygen atoms in total. The van der Waals surface area contributed by atoms with E-state index in [9.17, 15) is 5.11 Å². The van der Waals surface area contributed by atoms with E-state index in [4.69, 9.17) is 23.2 Å². The van der Waals surface area contributed by atoms with E-state index in [1.165, 1.54) is 6.42 Å². The Balaban J connectivity index is 2.14. The molecule has 100 valence electrons. The lowest BCUT2D eigenvalue weighted by Gasteiger charge is -2.33. The predicted molar refractivity (Wildman–Crippen MR) is 76.2 cm³/mol. The van der Waals surface area contributed by atoms with Crippen molar-refractivity contribution in [1.29, 1.82) is 0 Å². The van der Waals surface area contributed by atoms with Crippen molar-refractivity contribution in [3.63, 3.8) is 0 Å². The fraction of sp³-hybridized carbons (Fsp3) is 0.571. The van der Waals surface area contributed by atoms with Crippen LogP contribution in [0.25, 0.3) is 0 Å². The predicted octanol–water partition coefficient (Wildman–Crippen LogP) is 3.81. The standard InChI is InChI=1S/C14H19Cl2NO/c1-2-9-5-6-17-13(7-9)14(18)11-8-10(15)3-4-12(11)16/h3-4,8-9,13-14,17-18H,2,5-7H2,1H3. The molecule has 1 aliphatic heterocycles. The number of hydrogen-bond acceptors (Lipinski definition) is 2. The molecule has 0 bridgehead atoms. The van der Waals surface area contributed by atoms with E-state index < -0.39 is 6.10 Å². The second-order valence-electron chi connectivity index (χ2n) is 4.97. The Morgan fingerprint density at radius 2 is 2.22 bits per heavy atom. The number of aliphatic hydroxyl groups excluding tert-OH is 1. The molecule has 0 radical (unpaired) electrons. The van der Waals surface area contributed by atoms with Gasteiger partial charge in [-0.2, -0.15) is 0 Å². The fourth-order valence-electron chi connectivity index (χ4n) is 2.60. The number of halogens is 2. The Hall–Kier alpha value is -0.280. The van der Waals surface area contributed by atoms with Gasteiger partial charge in [0, 0.05) is 21.7 Å². The Bertz CT molecular complexity index is 411. The molecule has 1 aromatic rings. The number of nitrogens with one attached hydrogen (secondary N) is 1. The summed E-state index contributed by atoms with van der Waals surface area (Å²) in [4.78, 5) is 0. The molecule has 0 aromatic heterocycles. The minimum absolute atomic E-state index is 0.0691. The molecule has 3 atom stereocenters. The van der Waals surface area contributed by atoms with Gasteiger partial charge >= 0.3 is 0 Å². The maximum atomic E-state index is 10.5. The van der Waals surface area contributed by atoms with Gasteiger partial charge in [-0.15, -0.1) is 0 Å². The first-order valence-electron chi connectivity index (χ1n) is 6.48. The van der Waals surface area contributed by atoms with Crippen LogP contribution in [0.2, 0.25) is 10.0 Å². The molecule has 18 heavy (non-hydrogen) atoms. The maximum Gasteiger partial charge on any atom is 0.0957 e. The first kappa shape index (κ1) is 14.1. The van der Waals surface area contributed by atoms with Crippen molar-refractivity contribution in [2.24, 2.45) is 5.92 Å². The van der Waals surface area contributed by atoms with Crippen LogP contribution in [-0.4, -0.2) is 17.7 Å². The summed E-state index contributed by atoms with van der Waals surface area (Å²) in [5, 5.41) is 15.0. The highest BCUT2D eigenvalue weighted by atomic mass is 35.5. The van der Waals surface area contributed by atoms with Gasteiger partial charge in [0.25, 0.3) is 0 Å². The lowest BCUT2D eigenvalue weighted by Crippen LogP contribution is -2.42. The van der Waals surface area contributed by atoms with Crippen LogP contribution in [0.5, 0.6) is 0 Å². The van der Waals surface area contributed by atoms with Gasteiger partial charge < -0.3 is 10.4 Å². The van der Waals surface area contributed by atoms with Gasteiger partial charge in [-0.1, -0.05) is 36.5 Å². The second-order valence-corrected chi connectivity index (χ2v) is 5.81. The number of hydrogen-bond donors (Lipinski definition) is 2. The van der Waals surface area contributed by atoms with E-state index in [0.717, 1.165) is 24.9 Å². The van der Waals surface area contributed by atoms with E-state index in [1.54, 1.807) is 18.2 Å². The van der Waals surface area contributed by atoms with E-state index >= 15 is 0 Å². The van der Waals surface area contributed by atoms with Crippen LogP contribution in [-0.2, 0) is 0 Å². The molecular weight excluding hydrogens is 269 g/mol. The van der Waals surface area contributed by atoms with Crippen LogP contribution in [0.3, 0.4) is 0 Å². The summed E-state index contributed by atoms with van der Waals surface area (Å²) in [6.45, 7) is 3.16. The molecule has 1 saturated heterocycles. The molecule has 4 heteroatoms. The summed E-state index contributed by atoms with van der Waals surface area (Å²) in [6.07, 6.45) is 2.74. The number of piperidine rings is 1. The number of aliphatic hydroxyl groups is 1. The monoisotopic (exact) mass is 287 g/mol. The lowest BCUT2D eigenvalue weighted by molar-refractivity contribution is 0.0980. The quantitative estimate of drug-likeness (QED) is 0.886. The van der Waals surface area contributed by atoms with Gasteiger partial charge in [0.15, 0.2) is 0 Å². The lowest BCUT2D eigenvalue weighted by atomic mass is 9.86. The van der Waals surface area contributed by atoms with Gasteiger partial charge in [0.2, 0.25) is 0 Å². The first-order valence-corrected chi connectivity index (χ1v) is 7.23. The van der Waals surface area contributed by atoms with Crippen molar-refractivity contribution in [3.05, 3.63) is 33.8 Å². The highest BCUT2D eigenvalue weighted by molar-refractivity contribution is 6.33. The third-order valence-electron chi connectivity index (χ3n) is 3.78. The summed E-state index contributed by atoms with van der Waals surface area (Å²) in [5.41, 5.74) is 0.721. The minimum Gasteiger partial charge on any atom is -0.387 e. The summed E-state index contributed by atoms with van der Waals surface area (Å²) >= 11 is 12.1. The zero-order chi connectivity index (χ0) is 13.1. The summed E-state index contributed by atoms with van der Waals surface area (Å²) in [5.74, 6) is 0.684. The van der Waals surface area contributed by atoms with Gasteiger partial charge in [0.1, 0.15) is 0 Å². The topological polar surface area (TPSA) is 32.3 Å². The van der Waals surface area contributed by atoms with Crippen molar-refractivity contribution in [1.82, 2.24) is 5.32 Å². The highest BCUT2D eigenvalue weighted by Crippen LogP contribution is 2.32. The van der Waals surface area contributed by atoms with Crippen molar-refractivity contribution in [2.45, 2.75) is 38.3 Å². The molecule has 0 amide bonds. The average Bonchev–Trinajstić information content (AvgIpc) is 2.41. The Kier molecular flexibility index (Phi) is 4.91. The fourth-order valence-corrected chi connectivity index (χ4v) is 3.01. The Morgan fingerprint density at radius 3 is 2.94 bits per heavy atom. The maximum absolute atomic E-state index is 10.5. The molecule has 1 heterocycles. The van der Waals surface area contributed by atoms with Crippen LogP contribution >= 0.6 is 23.2 Å². The van der Waals surface area contributed by atoms with Gasteiger partial charge in [-0.25, -0.2) is 0 Å². The summed E-state index contributed by atoms with van der Waals surface area (Å²) in [7, 11) is 0. The van der Waals surface area contributed by atoms with Crippen molar-refractivity contribution < 1.29 is 5.11 Å². The molecule has 1 fully saturated rings. The third-order valence-corrected chi connectivity index (χ3v) is 4.36. The number of rotatable bonds is 3.